The molecule has 12 heteroatoms. The fourth-order valence-electron chi connectivity index (χ4n) is 8.85. The molecular weight excluding hydrogens is 788 g/mol. The number of rotatable bonds is 19. The van der Waals surface area contributed by atoms with Gasteiger partial charge in [-0.3, -0.25) is 19.2 Å². The predicted octanol–water partition coefficient (Wildman–Crippen LogP) is 5.77. The summed E-state index contributed by atoms with van der Waals surface area (Å²) in [6.45, 7) is 13.1. The third-order valence-electron chi connectivity index (χ3n) is 11.5. The predicted molar refractivity (Wildman–Crippen MR) is 224 cm³/mol. The average Bonchev–Trinajstić information content (AvgIpc) is 3.84. The van der Waals surface area contributed by atoms with Crippen molar-refractivity contribution in [1.29, 1.82) is 0 Å². The summed E-state index contributed by atoms with van der Waals surface area (Å²) in [6.07, 6.45) is 3.74. The largest absolute Gasteiger partial charge is 0.463 e. The molecule has 57 heavy (non-hydrogen) atoms. The SMILES string of the molecule is C=CCCC(=O)OC[C@H](NC(=O)[C@@H]1[C@H]2O[C@@]3(CC2Br)[C@H](C(=O)N(CC=C)c2ccc(N(CC)CC)cc2)N([C@@H](CO)Cc2ccccc2)C(=O)[C@@H]13)c1ccccc1. The summed E-state index contributed by atoms with van der Waals surface area (Å²) < 4.78 is 12.5. The smallest absolute Gasteiger partial charge is 0.306 e. The van der Waals surface area contributed by atoms with E-state index >= 15 is 9.59 Å². The highest BCUT2D eigenvalue weighted by Gasteiger charge is 2.77. The van der Waals surface area contributed by atoms with Crippen molar-refractivity contribution in [2.75, 3.05) is 42.6 Å². The van der Waals surface area contributed by atoms with Crippen LogP contribution < -0.4 is 15.1 Å². The minimum atomic E-state index is -1.39. The zero-order chi connectivity index (χ0) is 40.7. The first-order chi connectivity index (χ1) is 27.6. The molecule has 2 N–H and O–H groups in total. The molecule has 3 fully saturated rings. The molecule has 3 aromatic carbocycles. The average molecular weight is 842 g/mol. The van der Waals surface area contributed by atoms with Gasteiger partial charge in [0.15, 0.2) is 0 Å². The number of nitrogens with one attached hydrogen (secondary N) is 1. The van der Waals surface area contributed by atoms with Gasteiger partial charge in [0.1, 0.15) is 18.2 Å². The van der Waals surface area contributed by atoms with Crippen LogP contribution in [0.5, 0.6) is 0 Å². The van der Waals surface area contributed by atoms with Crippen LogP contribution >= 0.6 is 15.9 Å². The number of nitrogens with zero attached hydrogens (tertiary/aromatic N) is 3. The quantitative estimate of drug-likeness (QED) is 0.0886. The molecule has 0 radical (unpaired) electrons. The Bertz CT molecular complexity index is 1890. The van der Waals surface area contributed by atoms with E-state index in [1.165, 1.54) is 4.90 Å². The van der Waals surface area contributed by atoms with E-state index in [-0.39, 0.29) is 36.7 Å². The Morgan fingerprint density at radius 1 is 1.00 bits per heavy atom. The molecule has 3 saturated heterocycles. The second kappa shape index (κ2) is 18.7. The molecule has 0 aliphatic carbocycles. The van der Waals surface area contributed by atoms with E-state index in [1.807, 2.05) is 84.9 Å². The van der Waals surface area contributed by atoms with Gasteiger partial charge in [-0.25, -0.2) is 0 Å². The van der Waals surface area contributed by atoms with Crippen molar-refractivity contribution >= 4 is 51.0 Å². The molecule has 0 saturated carbocycles. The Balaban J connectivity index is 1.38. The Kier molecular flexibility index (Phi) is 13.7. The minimum Gasteiger partial charge on any atom is -0.463 e. The number of amides is 3. The third kappa shape index (κ3) is 8.44. The Morgan fingerprint density at radius 3 is 2.26 bits per heavy atom. The summed E-state index contributed by atoms with van der Waals surface area (Å²) in [5.41, 5.74) is 1.85. The maximum absolute atomic E-state index is 15.3. The van der Waals surface area contributed by atoms with Gasteiger partial charge in [-0.1, -0.05) is 88.7 Å². The van der Waals surface area contributed by atoms with Gasteiger partial charge in [0.25, 0.3) is 5.91 Å². The highest BCUT2D eigenvalue weighted by molar-refractivity contribution is 9.09. The van der Waals surface area contributed by atoms with Crippen LogP contribution in [0.15, 0.2) is 110 Å². The molecular formula is C45H53BrN4O7. The van der Waals surface area contributed by atoms with Gasteiger partial charge in [-0.15, -0.1) is 13.2 Å². The van der Waals surface area contributed by atoms with Crippen molar-refractivity contribution in [3.8, 4) is 0 Å². The zero-order valence-electron chi connectivity index (χ0n) is 32.7. The molecule has 2 bridgehead atoms. The molecule has 3 heterocycles. The number of carbonyl (C=O) groups excluding carboxylic acids is 4. The van der Waals surface area contributed by atoms with E-state index in [0.717, 1.165) is 29.9 Å². The molecule has 3 aliphatic heterocycles. The Morgan fingerprint density at radius 2 is 1.65 bits per heavy atom. The maximum atomic E-state index is 15.3. The van der Waals surface area contributed by atoms with Crippen LogP contribution in [0.4, 0.5) is 11.4 Å². The molecule has 3 aromatic rings. The number of halogens is 1. The van der Waals surface area contributed by atoms with E-state index in [2.05, 4.69) is 53.2 Å². The first-order valence-corrected chi connectivity index (χ1v) is 20.7. The maximum Gasteiger partial charge on any atom is 0.306 e. The number of likely N-dealkylation sites (tertiary alicyclic amines) is 1. The number of hydrogen-bond donors (Lipinski definition) is 2. The molecule has 8 atom stereocenters. The standard InChI is InChI=1S/C45H53BrN4O7/c1-5-9-20-37(52)56-29-36(31-18-14-11-15-19-31)47-42(53)38-39-43(54)50(34(28-51)26-30-16-12-10-13-17-30)41(45(39)27-35(46)40(38)57-45)44(55)49(25-6-2)33-23-21-32(22-24-33)48(7-3)8-4/h5-6,10-19,21-24,34-36,38-41,51H,1-2,7-9,20,25-29H2,3-4H3,(H,47,53)/t34-,35?,36+,38+,39-,40+,41+,45-/m1/s1. The van der Waals surface area contributed by atoms with Gasteiger partial charge in [0.2, 0.25) is 11.8 Å². The molecule has 302 valence electrons. The van der Waals surface area contributed by atoms with Crippen LogP contribution in [0.25, 0.3) is 0 Å². The number of anilines is 2. The number of allylic oxidation sites excluding steroid dienone is 1. The van der Waals surface area contributed by atoms with Gasteiger partial charge in [0.05, 0.1) is 36.6 Å². The summed E-state index contributed by atoms with van der Waals surface area (Å²) >= 11 is 3.79. The van der Waals surface area contributed by atoms with Gasteiger partial charge in [-0.2, -0.15) is 0 Å². The second-order valence-electron chi connectivity index (χ2n) is 14.8. The fourth-order valence-corrected chi connectivity index (χ4v) is 9.79. The van der Waals surface area contributed by atoms with E-state index < -0.39 is 66.1 Å². The lowest BCUT2D eigenvalue weighted by Crippen LogP contribution is -2.59. The molecule has 0 aromatic heterocycles. The number of alkyl halides is 1. The van der Waals surface area contributed by atoms with E-state index in [0.29, 0.717) is 18.5 Å². The minimum absolute atomic E-state index is 0.119. The summed E-state index contributed by atoms with van der Waals surface area (Å²) in [5.74, 6) is -3.70. The lowest BCUT2D eigenvalue weighted by atomic mass is 9.70. The molecule has 6 rings (SSSR count). The van der Waals surface area contributed by atoms with Crippen LogP contribution in [0.2, 0.25) is 0 Å². The van der Waals surface area contributed by atoms with Crippen molar-refractivity contribution in [1.82, 2.24) is 10.2 Å². The topological polar surface area (TPSA) is 129 Å². The molecule has 3 aliphatic rings. The number of hydrogen-bond acceptors (Lipinski definition) is 8. The summed E-state index contributed by atoms with van der Waals surface area (Å²) in [5, 5.41) is 14.1. The van der Waals surface area contributed by atoms with Crippen molar-refractivity contribution in [2.45, 2.75) is 74.2 Å². The van der Waals surface area contributed by atoms with E-state index in [4.69, 9.17) is 9.47 Å². The number of esters is 1. The highest BCUT2D eigenvalue weighted by atomic mass is 79.9. The van der Waals surface area contributed by atoms with Crippen LogP contribution in [0.3, 0.4) is 0 Å². The Hall–Kier alpha value is -4.78. The van der Waals surface area contributed by atoms with Crippen molar-refractivity contribution in [3.05, 3.63) is 121 Å². The lowest BCUT2D eigenvalue weighted by molar-refractivity contribution is -0.146. The summed E-state index contributed by atoms with van der Waals surface area (Å²) in [4.78, 5) is 62.6. The van der Waals surface area contributed by atoms with Gasteiger partial charge >= 0.3 is 5.97 Å². The number of benzene rings is 3. The van der Waals surface area contributed by atoms with E-state index in [1.54, 1.807) is 17.1 Å². The van der Waals surface area contributed by atoms with Gasteiger partial charge in [0, 0.05) is 42.3 Å². The first kappa shape index (κ1) is 41.8. The van der Waals surface area contributed by atoms with Crippen LogP contribution in [-0.2, 0) is 35.1 Å². The number of fused-ring (bicyclic) bond motifs is 1. The molecule has 3 amide bonds. The summed E-state index contributed by atoms with van der Waals surface area (Å²) in [6, 6.07) is 23.8. The number of aliphatic hydroxyl groups is 1. The monoisotopic (exact) mass is 840 g/mol. The van der Waals surface area contributed by atoms with Gasteiger partial charge in [-0.05, 0) is 68.5 Å². The number of aliphatic hydroxyl groups excluding tert-OH is 1. The van der Waals surface area contributed by atoms with Crippen LogP contribution in [-0.4, -0.2) is 95.2 Å². The van der Waals surface area contributed by atoms with E-state index in [9.17, 15) is 14.7 Å². The first-order valence-electron chi connectivity index (χ1n) is 19.8. The van der Waals surface area contributed by atoms with Crippen LogP contribution in [0.1, 0.15) is 50.3 Å². The van der Waals surface area contributed by atoms with Crippen molar-refractivity contribution in [3.63, 3.8) is 0 Å². The number of ether oxygens (including phenoxy) is 2. The lowest BCUT2D eigenvalue weighted by Gasteiger charge is -2.39. The summed E-state index contributed by atoms with van der Waals surface area (Å²) in [7, 11) is 0. The third-order valence-corrected chi connectivity index (χ3v) is 12.4. The van der Waals surface area contributed by atoms with Crippen molar-refractivity contribution in [2.24, 2.45) is 11.8 Å². The molecule has 1 spiro atoms. The van der Waals surface area contributed by atoms with Crippen molar-refractivity contribution < 1.29 is 33.8 Å². The normalized spacial score (nSPS) is 24.3. The molecule has 11 nitrogen and oxygen atoms in total. The van der Waals surface area contributed by atoms with Crippen LogP contribution in [0, 0.1) is 11.8 Å². The zero-order valence-corrected chi connectivity index (χ0v) is 34.3. The second-order valence-corrected chi connectivity index (χ2v) is 16.0. The highest BCUT2D eigenvalue weighted by Crippen LogP contribution is 2.60. The molecule has 1 unspecified atom stereocenters. The van der Waals surface area contributed by atoms with Gasteiger partial charge < -0.3 is 34.6 Å². The fraction of sp³-hybridized carbons (Fsp3) is 0.422. The number of carbonyl (C=O) groups is 4. The Labute approximate surface area is 343 Å².